The van der Waals surface area contributed by atoms with Gasteiger partial charge in [0.1, 0.15) is 5.75 Å². The van der Waals surface area contributed by atoms with Crippen molar-refractivity contribution in [2.24, 2.45) is 5.73 Å². The number of nitrogens with two attached hydrogens (primary N) is 1. The van der Waals surface area contributed by atoms with E-state index >= 15 is 0 Å². The summed E-state index contributed by atoms with van der Waals surface area (Å²) in [6.45, 7) is 0.917. The third kappa shape index (κ3) is 4.55. The largest absolute Gasteiger partial charge is 0.491 e. The maximum Gasteiger partial charge on any atom is 0.225 e. The van der Waals surface area contributed by atoms with Crippen LogP contribution < -0.4 is 10.5 Å². The quantitative estimate of drug-likeness (QED) is 0.856. The van der Waals surface area contributed by atoms with E-state index in [0.29, 0.717) is 30.3 Å². The van der Waals surface area contributed by atoms with Crippen LogP contribution in [-0.2, 0) is 11.2 Å². The van der Waals surface area contributed by atoms with Gasteiger partial charge in [0, 0.05) is 14.1 Å². The van der Waals surface area contributed by atoms with Crippen LogP contribution >= 0.6 is 11.6 Å². The Balaban J connectivity index is 2.50. The lowest BCUT2D eigenvalue weighted by Crippen LogP contribution is -2.23. The number of ether oxygens (including phenoxy) is 1. The summed E-state index contributed by atoms with van der Waals surface area (Å²) in [5, 5.41) is 0.554. The lowest BCUT2D eigenvalue weighted by atomic mass is 10.1. The molecule has 1 amide bonds. The highest BCUT2D eigenvalue weighted by Gasteiger charge is 2.06. The molecule has 0 aliphatic heterocycles. The van der Waals surface area contributed by atoms with E-state index in [1.54, 1.807) is 14.1 Å². The molecule has 0 radical (unpaired) electrons. The van der Waals surface area contributed by atoms with E-state index in [1.165, 1.54) is 4.90 Å². The highest BCUT2D eigenvalue weighted by atomic mass is 35.5. The van der Waals surface area contributed by atoms with Gasteiger partial charge in [-0.15, -0.1) is 0 Å². The van der Waals surface area contributed by atoms with E-state index < -0.39 is 0 Å². The first kappa shape index (κ1) is 14.8. The van der Waals surface area contributed by atoms with E-state index in [9.17, 15) is 4.79 Å². The van der Waals surface area contributed by atoms with Crippen LogP contribution in [0, 0.1) is 0 Å². The molecule has 0 aliphatic carbocycles. The first-order chi connectivity index (χ1) is 8.54. The van der Waals surface area contributed by atoms with E-state index in [1.807, 2.05) is 18.2 Å². The zero-order chi connectivity index (χ0) is 13.5. The second kappa shape index (κ2) is 7.24. The number of rotatable bonds is 6. The van der Waals surface area contributed by atoms with Crippen molar-refractivity contribution < 1.29 is 9.53 Å². The molecule has 1 aromatic carbocycles. The molecule has 2 N–H and O–H groups in total. The van der Waals surface area contributed by atoms with Gasteiger partial charge >= 0.3 is 0 Å². The van der Waals surface area contributed by atoms with Gasteiger partial charge in [-0.2, -0.15) is 0 Å². The van der Waals surface area contributed by atoms with Crippen LogP contribution in [0.4, 0.5) is 0 Å². The van der Waals surface area contributed by atoms with Crippen LogP contribution in [0.15, 0.2) is 18.2 Å². The Bertz CT molecular complexity index is 408. The fourth-order valence-corrected chi connectivity index (χ4v) is 1.71. The number of halogens is 1. The summed E-state index contributed by atoms with van der Waals surface area (Å²) >= 11 is 6.08. The molecular weight excluding hydrogens is 252 g/mol. The summed E-state index contributed by atoms with van der Waals surface area (Å²) in [5.74, 6) is 0.634. The summed E-state index contributed by atoms with van der Waals surface area (Å²) in [6, 6.07) is 5.59. The number of nitrogens with zero attached hydrogens (tertiary/aromatic N) is 1. The maximum atomic E-state index is 11.4. The molecule has 0 spiro atoms. The predicted molar refractivity (Wildman–Crippen MR) is 73.0 cm³/mol. The molecule has 0 aromatic heterocycles. The normalized spacial score (nSPS) is 10.2. The van der Waals surface area contributed by atoms with Gasteiger partial charge < -0.3 is 15.4 Å². The van der Waals surface area contributed by atoms with Crippen LogP contribution in [0.2, 0.25) is 5.02 Å². The van der Waals surface area contributed by atoms with Gasteiger partial charge in [-0.25, -0.2) is 0 Å². The maximum absolute atomic E-state index is 11.4. The highest BCUT2D eigenvalue weighted by Crippen LogP contribution is 2.25. The predicted octanol–water partition coefficient (Wildman–Crippen LogP) is 1.70. The van der Waals surface area contributed by atoms with E-state index in [0.717, 1.165) is 12.0 Å². The Morgan fingerprint density at radius 3 is 2.72 bits per heavy atom. The minimum atomic E-state index is 0.0332. The molecule has 1 rings (SSSR count). The van der Waals surface area contributed by atoms with Gasteiger partial charge in [0.25, 0.3) is 0 Å². The molecule has 4 nitrogen and oxygen atoms in total. The van der Waals surface area contributed by atoms with E-state index in [2.05, 4.69) is 0 Å². The molecule has 0 atom stereocenters. The van der Waals surface area contributed by atoms with Crippen molar-refractivity contribution in [2.75, 3.05) is 27.2 Å². The third-order valence-corrected chi connectivity index (χ3v) is 2.80. The van der Waals surface area contributed by atoms with Crippen molar-refractivity contribution in [3.8, 4) is 5.75 Å². The first-order valence-electron chi connectivity index (χ1n) is 5.86. The Labute approximate surface area is 113 Å². The van der Waals surface area contributed by atoms with Crippen LogP contribution in [0.25, 0.3) is 0 Å². The van der Waals surface area contributed by atoms with Crippen LogP contribution in [-0.4, -0.2) is 38.1 Å². The standard InChI is InChI=1S/C13H19ClN2O2/c1-16(2)13(17)6-8-18-12-4-3-10(5-7-15)9-11(12)14/h3-4,9H,5-8,15H2,1-2H3. The van der Waals surface area contributed by atoms with E-state index in [4.69, 9.17) is 22.1 Å². The van der Waals surface area contributed by atoms with Crippen LogP contribution in [0.1, 0.15) is 12.0 Å². The van der Waals surface area contributed by atoms with Gasteiger partial charge in [-0.05, 0) is 30.7 Å². The number of carbonyl (C=O) groups excluding carboxylic acids is 1. The molecule has 5 heteroatoms. The monoisotopic (exact) mass is 270 g/mol. The first-order valence-corrected chi connectivity index (χ1v) is 6.24. The second-order valence-corrected chi connectivity index (χ2v) is 4.60. The van der Waals surface area contributed by atoms with Crippen molar-refractivity contribution in [2.45, 2.75) is 12.8 Å². The number of amides is 1. The molecule has 1 aromatic rings. The number of carbonyl (C=O) groups is 1. The van der Waals surface area contributed by atoms with Crippen molar-refractivity contribution in [3.63, 3.8) is 0 Å². The molecule has 0 bridgehead atoms. The Morgan fingerprint density at radius 1 is 1.44 bits per heavy atom. The van der Waals surface area contributed by atoms with Crippen molar-refractivity contribution in [1.29, 1.82) is 0 Å². The lowest BCUT2D eigenvalue weighted by molar-refractivity contribution is -0.129. The molecule has 0 unspecified atom stereocenters. The molecule has 100 valence electrons. The second-order valence-electron chi connectivity index (χ2n) is 4.19. The molecule has 0 aliphatic rings. The molecule has 18 heavy (non-hydrogen) atoms. The Hall–Kier alpha value is -1.26. The average Bonchev–Trinajstić information content (AvgIpc) is 2.32. The summed E-state index contributed by atoms with van der Waals surface area (Å²) in [6.07, 6.45) is 1.13. The van der Waals surface area contributed by atoms with Crippen LogP contribution in [0.3, 0.4) is 0 Å². The molecule has 0 fully saturated rings. The molecule has 0 saturated heterocycles. The average molecular weight is 271 g/mol. The molecule has 0 saturated carbocycles. The van der Waals surface area contributed by atoms with Gasteiger partial charge in [-0.3, -0.25) is 4.79 Å². The molecule has 0 heterocycles. The zero-order valence-corrected chi connectivity index (χ0v) is 11.5. The molecular formula is C13H19ClN2O2. The van der Waals surface area contributed by atoms with Gasteiger partial charge in [0.15, 0.2) is 0 Å². The minimum absolute atomic E-state index is 0.0332. The fraction of sp³-hybridized carbons (Fsp3) is 0.462. The minimum Gasteiger partial charge on any atom is -0.491 e. The Kier molecular flexibility index (Phi) is 5.95. The van der Waals surface area contributed by atoms with Crippen molar-refractivity contribution in [1.82, 2.24) is 4.90 Å². The summed E-state index contributed by atoms with van der Waals surface area (Å²) in [4.78, 5) is 12.9. The number of hydrogen-bond acceptors (Lipinski definition) is 3. The third-order valence-electron chi connectivity index (χ3n) is 2.50. The lowest BCUT2D eigenvalue weighted by Gasteiger charge is -2.12. The van der Waals surface area contributed by atoms with Crippen LogP contribution in [0.5, 0.6) is 5.75 Å². The Morgan fingerprint density at radius 2 is 2.17 bits per heavy atom. The van der Waals surface area contributed by atoms with Gasteiger partial charge in [0.2, 0.25) is 5.91 Å². The zero-order valence-electron chi connectivity index (χ0n) is 10.8. The topological polar surface area (TPSA) is 55.6 Å². The smallest absolute Gasteiger partial charge is 0.225 e. The summed E-state index contributed by atoms with van der Waals surface area (Å²) < 4.78 is 5.48. The fourth-order valence-electron chi connectivity index (χ4n) is 1.46. The van der Waals surface area contributed by atoms with Crippen molar-refractivity contribution in [3.05, 3.63) is 28.8 Å². The highest BCUT2D eigenvalue weighted by molar-refractivity contribution is 6.32. The van der Waals surface area contributed by atoms with Crippen molar-refractivity contribution >= 4 is 17.5 Å². The number of benzene rings is 1. The SMILES string of the molecule is CN(C)C(=O)CCOc1ccc(CCN)cc1Cl. The van der Waals surface area contributed by atoms with E-state index in [-0.39, 0.29) is 5.91 Å². The van der Waals surface area contributed by atoms with Gasteiger partial charge in [-0.1, -0.05) is 17.7 Å². The number of hydrogen-bond donors (Lipinski definition) is 1. The van der Waals surface area contributed by atoms with Gasteiger partial charge in [0.05, 0.1) is 18.1 Å². The summed E-state index contributed by atoms with van der Waals surface area (Å²) in [7, 11) is 3.44. The summed E-state index contributed by atoms with van der Waals surface area (Å²) in [5.41, 5.74) is 6.56.